The van der Waals surface area contributed by atoms with Crippen LogP contribution in [0.25, 0.3) is 20.4 Å². The van der Waals surface area contributed by atoms with Crippen molar-refractivity contribution >= 4 is 60.5 Å². The maximum absolute atomic E-state index is 13.4. The molecule has 1 atom stereocenters. The lowest BCUT2D eigenvalue weighted by atomic mass is 9.86. The first kappa shape index (κ1) is 22.4. The number of fused-ring (bicyclic) bond motifs is 4. The summed E-state index contributed by atoms with van der Waals surface area (Å²) >= 11 is 2.90. The minimum absolute atomic E-state index is 0.0530. The highest BCUT2D eigenvalue weighted by Gasteiger charge is 2.33. The first-order valence-electron chi connectivity index (χ1n) is 12.8. The van der Waals surface area contributed by atoms with Gasteiger partial charge >= 0.3 is 4.87 Å². The molecule has 1 unspecified atom stereocenters. The van der Waals surface area contributed by atoms with Crippen LogP contribution in [0.15, 0.2) is 29.3 Å². The van der Waals surface area contributed by atoms with Crippen molar-refractivity contribution in [2.24, 2.45) is 11.8 Å². The normalized spacial score (nSPS) is 20.7. The van der Waals surface area contributed by atoms with Crippen molar-refractivity contribution in [2.75, 3.05) is 38.0 Å². The predicted octanol–water partition coefficient (Wildman–Crippen LogP) is 4.00. The van der Waals surface area contributed by atoms with Crippen LogP contribution in [0.5, 0.6) is 0 Å². The van der Waals surface area contributed by atoms with Crippen molar-refractivity contribution < 1.29 is 4.79 Å². The van der Waals surface area contributed by atoms with Gasteiger partial charge in [-0.25, -0.2) is 9.97 Å². The molecule has 2 aliphatic carbocycles. The van der Waals surface area contributed by atoms with Gasteiger partial charge in [0.25, 0.3) is 0 Å². The molecule has 1 aromatic carbocycles. The molecule has 3 aromatic heterocycles. The van der Waals surface area contributed by atoms with Crippen LogP contribution < -0.4 is 10.2 Å². The van der Waals surface area contributed by atoms with Gasteiger partial charge in [0.2, 0.25) is 5.91 Å². The third-order valence-corrected chi connectivity index (χ3v) is 9.78. The molecular formula is C26H28N6O2S2. The molecule has 3 aliphatic rings. The van der Waals surface area contributed by atoms with E-state index in [4.69, 9.17) is 0 Å². The lowest BCUT2D eigenvalue weighted by Crippen LogP contribution is -2.51. The fraction of sp³-hybridized carbons (Fsp3) is 0.462. The van der Waals surface area contributed by atoms with Gasteiger partial charge in [-0.1, -0.05) is 11.3 Å². The summed E-state index contributed by atoms with van der Waals surface area (Å²) in [6.07, 6.45) is 6.89. The van der Waals surface area contributed by atoms with Crippen molar-refractivity contribution in [3.05, 3.63) is 44.6 Å². The van der Waals surface area contributed by atoms with Crippen LogP contribution in [-0.2, 0) is 17.6 Å². The number of aromatic amines is 1. The maximum Gasteiger partial charge on any atom is 0.305 e. The van der Waals surface area contributed by atoms with E-state index in [0.717, 1.165) is 83.3 Å². The third-order valence-electron chi connectivity index (χ3n) is 7.78. The molecule has 1 amide bonds. The van der Waals surface area contributed by atoms with Crippen LogP contribution in [0.4, 0.5) is 11.5 Å². The molecule has 1 saturated carbocycles. The van der Waals surface area contributed by atoms with E-state index in [9.17, 15) is 9.59 Å². The van der Waals surface area contributed by atoms with E-state index in [0.29, 0.717) is 5.91 Å². The average Bonchev–Trinajstić information content (AvgIpc) is 3.50. The van der Waals surface area contributed by atoms with Crippen molar-refractivity contribution in [3.63, 3.8) is 0 Å². The fourth-order valence-corrected chi connectivity index (χ4v) is 7.69. The minimum atomic E-state index is -0.0530. The third kappa shape index (κ3) is 4.21. The zero-order valence-corrected chi connectivity index (χ0v) is 21.6. The van der Waals surface area contributed by atoms with E-state index in [1.807, 2.05) is 18.2 Å². The Morgan fingerprint density at radius 1 is 1.11 bits per heavy atom. The largest absolute Gasteiger partial charge is 0.340 e. The number of carbonyl (C=O) groups is 1. The molecule has 1 aliphatic heterocycles. The number of rotatable bonds is 5. The lowest BCUT2D eigenvalue weighted by molar-refractivity contribution is -0.137. The van der Waals surface area contributed by atoms with Gasteiger partial charge in [-0.15, -0.1) is 11.3 Å². The van der Waals surface area contributed by atoms with E-state index in [1.165, 1.54) is 41.2 Å². The second kappa shape index (κ2) is 8.93. The highest BCUT2D eigenvalue weighted by Crippen LogP contribution is 2.41. The number of nitrogens with zero attached hydrogens (tertiary/aromatic N) is 4. The number of thiophene rings is 1. The molecule has 36 heavy (non-hydrogen) atoms. The molecule has 4 heterocycles. The number of hydrogen-bond acceptors (Lipinski definition) is 8. The van der Waals surface area contributed by atoms with Crippen molar-refractivity contribution in [2.45, 2.75) is 32.1 Å². The van der Waals surface area contributed by atoms with Crippen molar-refractivity contribution in [1.82, 2.24) is 24.8 Å². The molecule has 10 heteroatoms. The molecule has 0 bridgehead atoms. The molecule has 4 aromatic rings. The van der Waals surface area contributed by atoms with Gasteiger partial charge in [-0.05, 0) is 61.8 Å². The monoisotopic (exact) mass is 520 g/mol. The topological polar surface area (TPSA) is 94.2 Å². The molecule has 1 saturated heterocycles. The first-order valence-corrected chi connectivity index (χ1v) is 14.4. The highest BCUT2D eigenvalue weighted by atomic mass is 32.1. The molecule has 186 valence electrons. The Labute approximate surface area is 216 Å². The number of H-pyrrole nitrogens is 1. The molecule has 8 nitrogen and oxygen atoms in total. The number of aromatic nitrogens is 3. The van der Waals surface area contributed by atoms with Gasteiger partial charge in [-0.3, -0.25) is 14.5 Å². The summed E-state index contributed by atoms with van der Waals surface area (Å²) in [7, 11) is 0. The Hall–Kier alpha value is -2.82. The summed E-state index contributed by atoms with van der Waals surface area (Å²) in [4.78, 5) is 43.9. The summed E-state index contributed by atoms with van der Waals surface area (Å²) in [6.45, 7) is 4.97. The second-order valence-electron chi connectivity index (χ2n) is 10.3. The SMILES string of the molecule is O=C(C1CCc2c(sc3ncnc(Nc4ccc5[nH]c(=O)sc5c4)c23)C1)N1CCN(CC2CC2)CC1. The Morgan fingerprint density at radius 2 is 1.97 bits per heavy atom. The number of carbonyl (C=O) groups excluding carboxylic acids is 1. The molecule has 0 spiro atoms. The number of anilines is 2. The number of hydrogen-bond donors (Lipinski definition) is 2. The van der Waals surface area contributed by atoms with Gasteiger partial charge in [0.1, 0.15) is 17.0 Å². The molecule has 2 N–H and O–H groups in total. The Balaban J connectivity index is 1.09. The van der Waals surface area contributed by atoms with Crippen molar-refractivity contribution in [1.29, 1.82) is 0 Å². The fourth-order valence-electron chi connectivity index (χ4n) is 5.65. The molecular weight excluding hydrogens is 492 g/mol. The molecule has 0 radical (unpaired) electrons. The number of thiazole rings is 1. The van der Waals surface area contributed by atoms with Crippen LogP contribution in [0, 0.1) is 11.8 Å². The molecule has 7 rings (SSSR count). The number of amides is 1. The van der Waals surface area contributed by atoms with Crippen LogP contribution in [0.1, 0.15) is 29.7 Å². The van der Waals surface area contributed by atoms with Gasteiger partial charge in [0.15, 0.2) is 0 Å². The number of piperazine rings is 1. The standard InChI is InChI=1S/C26H28N6O2S2/c33-25(32-9-7-31(8-10-32)13-15-1-2-15)16-3-5-18-20(11-16)35-24-22(18)23(27-14-28-24)29-17-4-6-19-21(12-17)36-26(34)30-19/h4,6,12,14-16H,1-3,5,7-11,13H2,(H,30,34)(H,27,28,29). The van der Waals surface area contributed by atoms with Crippen LogP contribution in [0.3, 0.4) is 0 Å². The predicted molar refractivity (Wildman–Crippen MR) is 144 cm³/mol. The smallest absolute Gasteiger partial charge is 0.305 e. The average molecular weight is 521 g/mol. The van der Waals surface area contributed by atoms with Crippen LogP contribution in [0.2, 0.25) is 0 Å². The van der Waals surface area contributed by atoms with E-state index in [1.54, 1.807) is 17.7 Å². The summed E-state index contributed by atoms with van der Waals surface area (Å²) in [5.74, 6) is 2.08. The molecule has 2 fully saturated rings. The van der Waals surface area contributed by atoms with E-state index >= 15 is 0 Å². The number of benzene rings is 1. The van der Waals surface area contributed by atoms with Crippen molar-refractivity contribution in [3.8, 4) is 0 Å². The summed E-state index contributed by atoms with van der Waals surface area (Å²) in [5, 5.41) is 4.53. The maximum atomic E-state index is 13.4. The first-order chi connectivity index (χ1) is 17.6. The van der Waals surface area contributed by atoms with E-state index in [-0.39, 0.29) is 10.8 Å². The van der Waals surface area contributed by atoms with E-state index in [2.05, 4.69) is 30.1 Å². The zero-order chi connectivity index (χ0) is 24.2. The Morgan fingerprint density at radius 3 is 2.81 bits per heavy atom. The quantitative estimate of drug-likeness (QED) is 0.413. The van der Waals surface area contributed by atoms with Gasteiger partial charge in [0.05, 0.1) is 15.6 Å². The number of aryl methyl sites for hydroxylation is 1. The highest BCUT2D eigenvalue weighted by molar-refractivity contribution is 7.19. The second-order valence-corrected chi connectivity index (χ2v) is 12.4. The zero-order valence-electron chi connectivity index (χ0n) is 20.0. The van der Waals surface area contributed by atoms with Gasteiger partial charge < -0.3 is 15.2 Å². The van der Waals surface area contributed by atoms with Gasteiger partial charge in [-0.2, -0.15) is 0 Å². The van der Waals surface area contributed by atoms with Gasteiger partial charge in [0, 0.05) is 49.2 Å². The van der Waals surface area contributed by atoms with E-state index < -0.39 is 0 Å². The summed E-state index contributed by atoms with van der Waals surface area (Å²) in [5.41, 5.74) is 3.02. The lowest BCUT2D eigenvalue weighted by Gasteiger charge is -2.37. The minimum Gasteiger partial charge on any atom is -0.340 e. The van der Waals surface area contributed by atoms with Crippen LogP contribution in [-0.4, -0.2) is 63.4 Å². The summed E-state index contributed by atoms with van der Waals surface area (Å²) < 4.78 is 0.914. The Bertz CT molecular complexity index is 1510. The summed E-state index contributed by atoms with van der Waals surface area (Å²) in [6, 6.07) is 5.85. The van der Waals surface area contributed by atoms with Crippen LogP contribution >= 0.6 is 22.7 Å². The number of nitrogens with one attached hydrogen (secondary N) is 2. The Kier molecular flexibility index (Phi) is 5.55.